The van der Waals surface area contributed by atoms with Gasteiger partial charge in [0.1, 0.15) is 34.6 Å². The van der Waals surface area contributed by atoms with E-state index in [-0.39, 0.29) is 0 Å². The van der Waals surface area contributed by atoms with Gasteiger partial charge in [-0.25, -0.2) is 0 Å². The highest BCUT2D eigenvalue weighted by molar-refractivity contribution is 7.19. The van der Waals surface area contributed by atoms with Crippen LogP contribution < -0.4 is 0 Å². The van der Waals surface area contributed by atoms with E-state index in [4.69, 9.17) is 17.7 Å². The monoisotopic (exact) mass is 596 g/mol. The molecule has 8 heteroatoms. The Labute approximate surface area is 246 Å². The molecule has 0 aromatic carbocycles. The molecule has 0 radical (unpaired) electrons. The van der Waals surface area contributed by atoms with Crippen molar-refractivity contribution < 1.29 is 17.7 Å². The second kappa shape index (κ2) is 11.2. The summed E-state index contributed by atoms with van der Waals surface area (Å²) >= 11 is 6.71. The SMILES string of the molecule is c1coc(-c2ccc(-c3ccc(-c4cccs4)o3)s2)c1.c1coc(-c2ccc(-c3ccc(-c4cccs4)o3)s2)c1. The van der Waals surface area contributed by atoms with Crippen molar-refractivity contribution in [2.24, 2.45) is 0 Å². The van der Waals surface area contributed by atoms with Crippen LogP contribution in [0.1, 0.15) is 0 Å². The summed E-state index contributed by atoms with van der Waals surface area (Å²) in [6.45, 7) is 0. The summed E-state index contributed by atoms with van der Waals surface area (Å²) in [7, 11) is 0. The van der Waals surface area contributed by atoms with E-state index in [1.807, 2.05) is 60.7 Å². The molecule has 0 atom stereocenters. The molecule has 8 rings (SSSR count). The van der Waals surface area contributed by atoms with Crippen LogP contribution in [0.5, 0.6) is 0 Å². The van der Waals surface area contributed by atoms with Crippen molar-refractivity contribution in [3.63, 3.8) is 0 Å². The van der Waals surface area contributed by atoms with Crippen LogP contribution in [0.3, 0.4) is 0 Å². The number of thiophene rings is 4. The van der Waals surface area contributed by atoms with Gasteiger partial charge in [-0.15, -0.1) is 45.3 Å². The Bertz CT molecular complexity index is 1610. The van der Waals surface area contributed by atoms with E-state index in [2.05, 4.69) is 47.2 Å². The quantitative estimate of drug-likeness (QED) is 0.192. The fraction of sp³-hybridized carbons (Fsp3) is 0. The minimum atomic E-state index is 0.895. The van der Waals surface area contributed by atoms with Gasteiger partial charge in [0, 0.05) is 0 Å². The maximum absolute atomic E-state index is 5.93. The molecule has 0 aliphatic carbocycles. The van der Waals surface area contributed by atoms with Gasteiger partial charge in [-0.1, -0.05) is 12.1 Å². The third-order valence-electron chi connectivity index (χ3n) is 5.97. The van der Waals surface area contributed by atoms with E-state index >= 15 is 0 Å². The normalized spacial score (nSPS) is 11.0. The van der Waals surface area contributed by atoms with E-state index in [9.17, 15) is 0 Å². The van der Waals surface area contributed by atoms with Gasteiger partial charge in [-0.3, -0.25) is 0 Å². The number of rotatable bonds is 6. The lowest BCUT2D eigenvalue weighted by Crippen LogP contribution is -1.63. The summed E-state index contributed by atoms with van der Waals surface area (Å²) in [5, 5.41) is 4.11. The molecule has 0 amide bonds. The summed E-state index contributed by atoms with van der Waals surface area (Å²) in [5.74, 6) is 5.43. The number of furan rings is 4. The van der Waals surface area contributed by atoms with Gasteiger partial charge in [-0.05, 0) is 95.7 Å². The first kappa shape index (κ1) is 24.9. The minimum absolute atomic E-state index is 0.895. The third kappa shape index (κ3) is 5.22. The van der Waals surface area contributed by atoms with Gasteiger partial charge in [-0.2, -0.15) is 0 Å². The first-order valence-electron chi connectivity index (χ1n) is 12.4. The summed E-state index contributed by atoms with van der Waals surface area (Å²) < 4.78 is 22.7. The van der Waals surface area contributed by atoms with Crippen LogP contribution in [0.25, 0.3) is 63.8 Å². The van der Waals surface area contributed by atoms with Gasteiger partial charge < -0.3 is 17.7 Å². The molecule has 8 aromatic heterocycles. The lowest BCUT2D eigenvalue weighted by atomic mass is 10.3. The van der Waals surface area contributed by atoms with Crippen LogP contribution in [-0.2, 0) is 0 Å². The summed E-state index contributed by atoms with van der Waals surface area (Å²) in [6, 6.07) is 32.3. The molecule has 196 valence electrons. The fourth-order valence-electron chi connectivity index (χ4n) is 4.09. The zero-order valence-corrected chi connectivity index (χ0v) is 24.1. The lowest BCUT2D eigenvalue weighted by molar-refractivity contribution is 0.583. The topological polar surface area (TPSA) is 52.6 Å². The summed E-state index contributed by atoms with van der Waals surface area (Å²) in [5.41, 5.74) is 0. The molecule has 0 aliphatic rings. The molecule has 0 saturated carbocycles. The molecule has 0 fully saturated rings. The second-order valence-corrected chi connectivity index (χ2v) is 12.6. The van der Waals surface area contributed by atoms with E-state index in [1.165, 1.54) is 0 Å². The summed E-state index contributed by atoms with van der Waals surface area (Å²) in [4.78, 5) is 6.75. The van der Waals surface area contributed by atoms with Gasteiger partial charge in [0.05, 0.1) is 41.8 Å². The first-order chi connectivity index (χ1) is 19.8. The zero-order valence-electron chi connectivity index (χ0n) is 20.8. The van der Waals surface area contributed by atoms with Gasteiger partial charge in [0.25, 0.3) is 0 Å². The van der Waals surface area contributed by atoms with Crippen molar-refractivity contribution in [3.05, 3.63) is 120 Å². The molecule has 0 aliphatic heterocycles. The lowest BCUT2D eigenvalue weighted by Gasteiger charge is -1.92. The molecular formula is C32H20O4S4. The Hall–Kier alpha value is -4.08. The van der Waals surface area contributed by atoms with E-state index in [1.54, 1.807) is 57.9 Å². The largest absolute Gasteiger partial charge is 0.464 e. The molecule has 8 aromatic rings. The maximum atomic E-state index is 5.93. The molecule has 0 spiro atoms. The van der Waals surface area contributed by atoms with E-state index in [0.717, 1.165) is 63.8 Å². The highest BCUT2D eigenvalue weighted by atomic mass is 32.1. The zero-order chi connectivity index (χ0) is 26.7. The molecular weight excluding hydrogens is 577 g/mol. The predicted octanol–water partition coefficient (Wildman–Crippen LogP) is 12.0. The average molecular weight is 597 g/mol. The Morgan fingerprint density at radius 1 is 0.350 bits per heavy atom. The van der Waals surface area contributed by atoms with Gasteiger partial charge >= 0.3 is 0 Å². The van der Waals surface area contributed by atoms with Crippen molar-refractivity contribution in [3.8, 4) is 63.8 Å². The van der Waals surface area contributed by atoms with Crippen molar-refractivity contribution in [1.29, 1.82) is 0 Å². The van der Waals surface area contributed by atoms with Crippen LogP contribution in [0.2, 0.25) is 0 Å². The fourth-order valence-corrected chi connectivity index (χ4v) is 7.33. The smallest absolute Gasteiger partial charge is 0.144 e. The third-order valence-corrected chi connectivity index (χ3v) is 9.96. The first-order valence-corrected chi connectivity index (χ1v) is 15.7. The van der Waals surface area contributed by atoms with Crippen molar-refractivity contribution in [2.45, 2.75) is 0 Å². The van der Waals surface area contributed by atoms with Crippen LogP contribution in [-0.4, -0.2) is 0 Å². The van der Waals surface area contributed by atoms with Crippen LogP contribution in [0.15, 0.2) is 138 Å². The molecule has 8 heterocycles. The molecule has 40 heavy (non-hydrogen) atoms. The van der Waals surface area contributed by atoms with Crippen LogP contribution in [0.4, 0.5) is 0 Å². The molecule has 4 nitrogen and oxygen atoms in total. The highest BCUT2D eigenvalue weighted by Gasteiger charge is 2.13. The van der Waals surface area contributed by atoms with Gasteiger partial charge in [0.15, 0.2) is 0 Å². The molecule has 0 unspecified atom stereocenters. The van der Waals surface area contributed by atoms with Crippen LogP contribution in [0, 0.1) is 0 Å². The summed E-state index contributed by atoms with van der Waals surface area (Å²) in [6.07, 6.45) is 3.38. The minimum Gasteiger partial charge on any atom is -0.464 e. The van der Waals surface area contributed by atoms with Gasteiger partial charge in [0.2, 0.25) is 0 Å². The second-order valence-electron chi connectivity index (χ2n) is 8.56. The Kier molecular flexibility index (Phi) is 6.97. The van der Waals surface area contributed by atoms with Crippen molar-refractivity contribution >= 4 is 45.3 Å². The number of hydrogen-bond donors (Lipinski definition) is 0. The van der Waals surface area contributed by atoms with Crippen molar-refractivity contribution in [1.82, 2.24) is 0 Å². The Balaban J connectivity index is 0.000000132. The average Bonchev–Trinajstić information content (AvgIpc) is 3.83. The Morgan fingerprint density at radius 2 is 0.750 bits per heavy atom. The molecule has 0 saturated heterocycles. The predicted molar refractivity (Wildman–Crippen MR) is 166 cm³/mol. The number of hydrogen-bond acceptors (Lipinski definition) is 8. The molecule has 0 N–H and O–H groups in total. The molecule has 0 bridgehead atoms. The van der Waals surface area contributed by atoms with E-state index < -0.39 is 0 Å². The van der Waals surface area contributed by atoms with E-state index in [0.29, 0.717) is 0 Å². The van der Waals surface area contributed by atoms with Crippen LogP contribution >= 0.6 is 45.3 Å². The Morgan fingerprint density at radius 3 is 1.10 bits per heavy atom. The van der Waals surface area contributed by atoms with Crippen molar-refractivity contribution in [2.75, 3.05) is 0 Å². The highest BCUT2D eigenvalue weighted by Crippen LogP contribution is 2.39. The maximum Gasteiger partial charge on any atom is 0.144 e. The standard InChI is InChI=1S/2C16H10O2S2/c2*1-3-11(17-9-1)15-7-8-16(20-15)13-6-5-12(18-13)14-4-2-10-19-14/h2*1-10H.